The molecule has 0 bridgehead atoms. The Morgan fingerprint density at radius 2 is 1.61 bits per heavy atom. The summed E-state index contributed by atoms with van der Waals surface area (Å²) in [4.78, 5) is 26.8. The van der Waals surface area contributed by atoms with E-state index in [9.17, 15) is 9.59 Å². The molecule has 0 fully saturated rings. The van der Waals surface area contributed by atoms with Crippen molar-refractivity contribution < 1.29 is 9.59 Å². The largest absolute Gasteiger partial charge is 0.352 e. The van der Waals surface area contributed by atoms with Crippen molar-refractivity contribution >= 4 is 34.4 Å². The topological polar surface area (TPSA) is 46.2 Å². The van der Waals surface area contributed by atoms with E-state index in [-0.39, 0.29) is 11.7 Å². The summed E-state index contributed by atoms with van der Waals surface area (Å²) in [5.41, 5.74) is 0.876. The van der Waals surface area contributed by atoms with Crippen LogP contribution in [0.15, 0.2) is 59.3 Å². The molecule has 0 aliphatic rings. The molecule has 3 nitrogen and oxygen atoms in total. The van der Waals surface area contributed by atoms with E-state index in [1.807, 2.05) is 29.0 Å². The number of carbonyl (C=O) groups excluding carboxylic acids is 2. The monoisotopic (exact) mass is 341 g/mol. The van der Waals surface area contributed by atoms with Gasteiger partial charge in [0.25, 0.3) is 5.91 Å². The molecule has 3 aromatic rings. The summed E-state index contributed by atoms with van der Waals surface area (Å²) in [5.74, 6) is -0.314. The lowest BCUT2D eigenvalue weighted by atomic mass is 10.0. The molecule has 1 amide bonds. The lowest BCUT2D eigenvalue weighted by Gasteiger charge is -2.08. The van der Waals surface area contributed by atoms with Gasteiger partial charge in [-0.2, -0.15) is 0 Å². The Labute approximate surface area is 142 Å². The van der Waals surface area contributed by atoms with Gasteiger partial charge in [0.15, 0.2) is 0 Å². The standard InChI is InChI=1S/C18H15NO2S2/c20-17(16-8-4-12-23-16)14-6-1-2-7-15(14)18(21)19-10-9-13-5-3-11-22-13/h1-8,11-12H,9-10H2,(H,19,21). The van der Waals surface area contributed by atoms with Gasteiger partial charge in [-0.3, -0.25) is 9.59 Å². The number of rotatable bonds is 6. The summed E-state index contributed by atoms with van der Waals surface area (Å²) >= 11 is 3.06. The highest BCUT2D eigenvalue weighted by atomic mass is 32.1. The maximum atomic E-state index is 12.5. The van der Waals surface area contributed by atoms with Crippen LogP contribution in [0.5, 0.6) is 0 Å². The van der Waals surface area contributed by atoms with E-state index in [1.54, 1.807) is 41.7 Å². The molecule has 0 aliphatic heterocycles. The number of hydrogen-bond donors (Lipinski definition) is 1. The van der Waals surface area contributed by atoms with Crippen LogP contribution in [0.2, 0.25) is 0 Å². The number of amides is 1. The summed E-state index contributed by atoms with van der Waals surface area (Å²) in [6.45, 7) is 0.556. The van der Waals surface area contributed by atoms with E-state index in [2.05, 4.69) is 5.32 Å². The zero-order valence-corrected chi connectivity index (χ0v) is 14.0. The Morgan fingerprint density at radius 3 is 2.30 bits per heavy atom. The summed E-state index contributed by atoms with van der Waals surface area (Å²) in [5, 5.41) is 6.77. The number of benzene rings is 1. The molecule has 0 saturated heterocycles. The second-order valence-corrected chi connectivity index (χ2v) is 6.92. The van der Waals surface area contributed by atoms with Crippen LogP contribution in [0.3, 0.4) is 0 Å². The summed E-state index contributed by atoms with van der Waals surface area (Å²) in [7, 11) is 0. The van der Waals surface area contributed by atoms with Crippen molar-refractivity contribution in [1.29, 1.82) is 0 Å². The van der Waals surface area contributed by atoms with Gasteiger partial charge in [-0.1, -0.05) is 30.3 Å². The molecule has 5 heteroatoms. The van der Waals surface area contributed by atoms with Gasteiger partial charge < -0.3 is 5.32 Å². The van der Waals surface area contributed by atoms with E-state index >= 15 is 0 Å². The fourth-order valence-corrected chi connectivity index (χ4v) is 3.66. The van der Waals surface area contributed by atoms with Crippen LogP contribution in [0, 0.1) is 0 Å². The van der Waals surface area contributed by atoms with Crippen molar-refractivity contribution in [3.05, 3.63) is 80.2 Å². The van der Waals surface area contributed by atoms with Gasteiger partial charge in [-0.15, -0.1) is 22.7 Å². The Hall–Kier alpha value is -2.24. The lowest BCUT2D eigenvalue weighted by Crippen LogP contribution is -2.27. The highest BCUT2D eigenvalue weighted by Crippen LogP contribution is 2.18. The molecule has 2 aromatic heterocycles. The zero-order valence-electron chi connectivity index (χ0n) is 12.3. The summed E-state index contributed by atoms with van der Waals surface area (Å²) < 4.78 is 0. The van der Waals surface area contributed by atoms with Gasteiger partial charge in [0.2, 0.25) is 5.78 Å². The van der Waals surface area contributed by atoms with Crippen LogP contribution in [0.1, 0.15) is 30.5 Å². The van der Waals surface area contributed by atoms with Crippen LogP contribution in [-0.4, -0.2) is 18.2 Å². The molecule has 1 aromatic carbocycles. The van der Waals surface area contributed by atoms with Crippen molar-refractivity contribution in [2.75, 3.05) is 6.54 Å². The molecule has 0 spiro atoms. The predicted octanol–water partition coefficient (Wildman–Crippen LogP) is 4.01. The molecule has 0 radical (unpaired) electrons. The van der Waals surface area contributed by atoms with E-state index in [1.165, 1.54) is 16.2 Å². The third-order valence-electron chi connectivity index (χ3n) is 3.40. The molecule has 3 rings (SSSR count). The molecular formula is C18H15NO2S2. The van der Waals surface area contributed by atoms with Gasteiger partial charge in [0.05, 0.1) is 10.4 Å². The third kappa shape index (κ3) is 3.75. The number of carbonyl (C=O) groups is 2. The van der Waals surface area contributed by atoms with Crippen molar-refractivity contribution in [2.24, 2.45) is 0 Å². The van der Waals surface area contributed by atoms with Crippen molar-refractivity contribution in [3.63, 3.8) is 0 Å². The Kier molecular flexibility index (Phi) is 5.00. The quantitative estimate of drug-likeness (QED) is 0.689. The molecule has 2 heterocycles. The summed E-state index contributed by atoms with van der Waals surface area (Å²) in [6, 6.07) is 14.6. The number of thiophene rings is 2. The predicted molar refractivity (Wildman–Crippen MR) is 94.5 cm³/mol. The second kappa shape index (κ2) is 7.35. The minimum Gasteiger partial charge on any atom is -0.352 e. The van der Waals surface area contributed by atoms with Gasteiger partial charge >= 0.3 is 0 Å². The molecule has 1 N–H and O–H groups in total. The van der Waals surface area contributed by atoms with Crippen LogP contribution < -0.4 is 5.32 Å². The SMILES string of the molecule is O=C(NCCc1cccs1)c1ccccc1C(=O)c1cccs1. The summed E-state index contributed by atoms with van der Waals surface area (Å²) in [6.07, 6.45) is 0.796. The third-order valence-corrected chi connectivity index (χ3v) is 5.20. The van der Waals surface area contributed by atoms with Crippen LogP contribution in [-0.2, 0) is 6.42 Å². The maximum Gasteiger partial charge on any atom is 0.252 e. The first-order chi connectivity index (χ1) is 11.3. The molecular weight excluding hydrogens is 326 g/mol. The minimum absolute atomic E-state index is 0.107. The van der Waals surface area contributed by atoms with E-state index in [0.29, 0.717) is 22.5 Å². The Balaban J connectivity index is 1.72. The minimum atomic E-state index is -0.206. The fourth-order valence-electron chi connectivity index (χ4n) is 2.27. The first-order valence-corrected chi connectivity index (χ1v) is 8.99. The second-order valence-electron chi connectivity index (χ2n) is 4.94. The average molecular weight is 341 g/mol. The number of nitrogens with one attached hydrogen (secondary N) is 1. The average Bonchev–Trinajstić information content (AvgIpc) is 3.27. The fraction of sp³-hybridized carbons (Fsp3) is 0.111. The van der Waals surface area contributed by atoms with Gasteiger partial charge in [-0.05, 0) is 35.4 Å². The first-order valence-electron chi connectivity index (χ1n) is 7.23. The van der Waals surface area contributed by atoms with Gasteiger partial charge in [0.1, 0.15) is 0 Å². The zero-order chi connectivity index (χ0) is 16.1. The molecule has 116 valence electrons. The number of hydrogen-bond acceptors (Lipinski definition) is 4. The highest BCUT2D eigenvalue weighted by Gasteiger charge is 2.18. The smallest absolute Gasteiger partial charge is 0.252 e. The Morgan fingerprint density at radius 1 is 0.870 bits per heavy atom. The Bertz CT molecular complexity index is 792. The normalized spacial score (nSPS) is 10.4. The molecule has 0 atom stereocenters. The molecule has 0 saturated carbocycles. The van der Waals surface area contributed by atoms with Crippen molar-refractivity contribution in [2.45, 2.75) is 6.42 Å². The first kappa shape index (κ1) is 15.6. The maximum absolute atomic E-state index is 12.5. The van der Waals surface area contributed by atoms with E-state index < -0.39 is 0 Å². The van der Waals surface area contributed by atoms with Crippen LogP contribution >= 0.6 is 22.7 Å². The van der Waals surface area contributed by atoms with E-state index in [0.717, 1.165) is 6.42 Å². The molecule has 0 aliphatic carbocycles. The van der Waals surface area contributed by atoms with Crippen molar-refractivity contribution in [1.82, 2.24) is 5.32 Å². The van der Waals surface area contributed by atoms with Gasteiger partial charge in [0, 0.05) is 17.0 Å². The van der Waals surface area contributed by atoms with Gasteiger partial charge in [-0.25, -0.2) is 0 Å². The van der Waals surface area contributed by atoms with E-state index in [4.69, 9.17) is 0 Å². The van der Waals surface area contributed by atoms with Crippen molar-refractivity contribution in [3.8, 4) is 0 Å². The number of ketones is 1. The molecule has 23 heavy (non-hydrogen) atoms. The van der Waals surface area contributed by atoms with Crippen LogP contribution in [0.4, 0.5) is 0 Å². The molecule has 0 unspecified atom stereocenters. The highest BCUT2D eigenvalue weighted by molar-refractivity contribution is 7.12. The van der Waals surface area contributed by atoms with Crippen LogP contribution in [0.25, 0.3) is 0 Å². The lowest BCUT2D eigenvalue weighted by molar-refractivity contribution is 0.0943.